The lowest BCUT2D eigenvalue weighted by Gasteiger charge is -2.22. The van der Waals surface area contributed by atoms with Crippen LogP contribution in [0.1, 0.15) is 32.1 Å². The molecule has 0 heterocycles. The molecule has 4 heteroatoms. The summed E-state index contributed by atoms with van der Waals surface area (Å²) in [4.78, 5) is 10.1. The highest BCUT2D eigenvalue weighted by Gasteiger charge is 2.13. The summed E-state index contributed by atoms with van der Waals surface area (Å²) < 4.78 is 0. The summed E-state index contributed by atoms with van der Waals surface area (Å²) in [6.07, 6.45) is 6.66. The molecule has 1 fully saturated rings. The number of hydrogen-bond donors (Lipinski definition) is 1. The van der Waals surface area contributed by atoms with Gasteiger partial charge in [-0.1, -0.05) is 19.3 Å². The quantitative estimate of drug-likeness (QED) is 0.639. The van der Waals surface area contributed by atoms with E-state index in [1.807, 2.05) is 0 Å². The second kappa shape index (κ2) is 5.66. The third kappa shape index (κ3) is 3.44. The Morgan fingerprint density at radius 1 is 1.18 bits per heavy atom. The molecular weight excluding hydrogens is 216 g/mol. The SMILES string of the molecule is O=[N+]([O-])c1ccc(NCC2CCCCC2)cc1. The summed E-state index contributed by atoms with van der Waals surface area (Å²) in [5.74, 6) is 0.763. The van der Waals surface area contributed by atoms with Crippen LogP contribution in [0, 0.1) is 16.0 Å². The maximum Gasteiger partial charge on any atom is 0.269 e. The van der Waals surface area contributed by atoms with Gasteiger partial charge in [0.25, 0.3) is 5.69 Å². The molecule has 0 aromatic heterocycles. The van der Waals surface area contributed by atoms with E-state index >= 15 is 0 Å². The van der Waals surface area contributed by atoms with Crippen LogP contribution in [0.25, 0.3) is 0 Å². The number of hydrogen-bond acceptors (Lipinski definition) is 3. The van der Waals surface area contributed by atoms with Gasteiger partial charge in [0.2, 0.25) is 0 Å². The van der Waals surface area contributed by atoms with Gasteiger partial charge < -0.3 is 5.32 Å². The van der Waals surface area contributed by atoms with E-state index in [1.165, 1.54) is 32.1 Å². The van der Waals surface area contributed by atoms with Crippen molar-refractivity contribution in [2.75, 3.05) is 11.9 Å². The van der Waals surface area contributed by atoms with Gasteiger partial charge in [-0.15, -0.1) is 0 Å². The molecule has 1 aliphatic carbocycles. The highest BCUT2D eigenvalue weighted by atomic mass is 16.6. The molecule has 0 atom stereocenters. The average molecular weight is 234 g/mol. The van der Waals surface area contributed by atoms with E-state index in [-0.39, 0.29) is 10.6 Å². The molecule has 0 radical (unpaired) electrons. The van der Waals surface area contributed by atoms with Crippen LogP contribution in [-0.2, 0) is 0 Å². The lowest BCUT2D eigenvalue weighted by Crippen LogP contribution is -2.16. The lowest BCUT2D eigenvalue weighted by atomic mass is 9.89. The zero-order valence-corrected chi connectivity index (χ0v) is 9.89. The Balaban J connectivity index is 1.84. The van der Waals surface area contributed by atoms with Crippen molar-refractivity contribution in [3.05, 3.63) is 34.4 Å². The number of non-ortho nitro benzene ring substituents is 1. The number of benzene rings is 1. The molecule has 1 aromatic rings. The number of nitrogens with one attached hydrogen (secondary N) is 1. The summed E-state index contributed by atoms with van der Waals surface area (Å²) in [6, 6.07) is 6.65. The first-order chi connectivity index (χ1) is 8.25. The monoisotopic (exact) mass is 234 g/mol. The fraction of sp³-hybridized carbons (Fsp3) is 0.538. The van der Waals surface area contributed by atoms with Gasteiger partial charge in [-0.25, -0.2) is 0 Å². The van der Waals surface area contributed by atoms with E-state index in [0.717, 1.165) is 18.2 Å². The van der Waals surface area contributed by atoms with Crippen molar-refractivity contribution in [2.45, 2.75) is 32.1 Å². The van der Waals surface area contributed by atoms with Crippen LogP contribution < -0.4 is 5.32 Å². The van der Waals surface area contributed by atoms with Gasteiger partial charge in [-0.05, 0) is 30.9 Å². The summed E-state index contributed by atoms with van der Waals surface area (Å²) in [6.45, 7) is 0.984. The first-order valence-electron chi connectivity index (χ1n) is 6.24. The van der Waals surface area contributed by atoms with E-state index in [1.54, 1.807) is 24.3 Å². The van der Waals surface area contributed by atoms with E-state index in [0.29, 0.717) is 0 Å². The molecule has 0 bridgehead atoms. The zero-order valence-electron chi connectivity index (χ0n) is 9.89. The van der Waals surface area contributed by atoms with Gasteiger partial charge in [-0.2, -0.15) is 0 Å². The van der Waals surface area contributed by atoms with Gasteiger partial charge in [0.05, 0.1) is 4.92 Å². The van der Waals surface area contributed by atoms with Crippen LogP contribution in [0.15, 0.2) is 24.3 Å². The molecule has 1 saturated carbocycles. The Morgan fingerprint density at radius 3 is 2.41 bits per heavy atom. The van der Waals surface area contributed by atoms with E-state index in [9.17, 15) is 10.1 Å². The maximum atomic E-state index is 10.5. The van der Waals surface area contributed by atoms with Crippen LogP contribution >= 0.6 is 0 Å². The van der Waals surface area contributed by atoms with Crippen molar-refractivity contribution in [2.24, 2.45) is 5.92 Å². The summed E-state index contributed by atoms with van der Waals surface area (Å²) >= 11 is 0. The molecule has 4 nitrogen and oxygen atoms in total. The van der Waals surface area contributed by atoms with Gasteiger partial charge in [-0.3, -0.25) is 10.1 Å². The molecule has 0 spiro atoms. The van der Waals surface area contributed by atoms with Crippen LogP contribution in [0.4, 0.5) is 11.4 Å². The third-order valence-corrected chi connectivity index (χ3v) is 3.40. The molecule has 2 rings (SSSR count). The van der Waals surface area contributed by atoms with Crippen molar-refractivity contribution in [3.63, 3.8) is 0 Å². The second-order valence-corrected chi connectivity index (χ2v) is 4.69. The van der Waals surface area contributed by atoms with E-state index in [4.69, 9.17) is 0 Å². The smallest absolute Gasteiger partial charge is 0.269 e. The van der Waals surface area contributed by atoms with Crippen LogP contribution in [0.5, 0.6) is 0 Å². The van der Waals surface area contributed by atoms with Gasteiger partial charge in [0.15, 0.2) is 0 Å². The summed E-state index contributed by atoms with van der Waals surface area (Å²) in [5.41, 5.74) is 1.12. The molecule has 0 amide bonds. The summed E-state index contributed by atoms with van der Waals surface area (Å²) in [7, 11) is 0. The number of anilines is 1. The minimum absolute atomic E-state index is 0.146. The molecule has 0 unspecified atom stereocenters. The molecule has 17 heavy (non-hydrogen) atoms. The Morgan fingerprint density at radius 2 is 1.82 bits per heavy atom. The van der Waals surface area contributed by atoms with Crippen LogP contribution in [0.3, 0.4) is 0 Å². The first-order valence-corrected chi connectivity index (χ1v) is 6.24. The largest absolute Gasteiger partial charge is 0.385 e. The van der Waals surface area contributed by atoms with Crippen molar-refractivity contribution in [3.8, 4) is 0 Å². The van der Waals surface area contributed by atoms with Crippen LogP contribution in [0.2, 0.25) is 0 Å². The molecular formula is C13H18N2O2. The summed E-state index contributed by atoms with van der Waals surface area (Å²) in [5, 5.41) is 13.9. The number of nitrogens with zero attached hydrogens (tertiary/aromatic N) is 1. The number of nitro groups is 1. The van der Waals surface area contributed by atoms with Gasteiger partial charge in [0.1, 0.15) is 0 Å². The lowest BCUT2D eigenvalue weighted by molar-refractivity contribution is -0.384. The molecule has 1 N–H and O–H groups in total. The Hall–Kier alpha value is -1.58. The minimum atomic E-state index is -0.370. The second-order valence-electron chi connectivity index (χ2n) is 4.69. The van der Waals surface area contributed by atoms with Gasteiger partial charge in [0, 0.05) is 24.4 Å². The Kier molecular flexibility index (Phi) is 3.96. The highest BCUT2D eigenvalue weighted by molar-refractivity contribution is 5.48. The number of nitro benzene ring substituents is 1. The Bertz CT molecular complexity index is 370. The zero-order chi connectivity index (χ0) is 12.1. The molecule has 1 aromatic carbocycles. The van der Waals surface area contributed by atoms with Crippen molar-refractivity contribution >= 4 is 11.4 Å². The minimum Gasteiger partial charge on any atom is -0.385 e. The Labute approximate surface area is 101 Å². The topological polar surface area (TPSA) is 55.2 Å². The van der Waals surface area contributed by atoms with Crippen molar-refractivity contribution in [1.82, 2.24) is 0 Å². The van der Waals surface area contributed by atoms with E-state index < -0.39 is 0 Å². The highest BCUT2D eigenvalue weighted by Crippen LogP contribution is 2.24. The fourth-order valence-electron chi connectivity index (χ4n) is 2.35. The molecule has 0 aliphatic heterocycles. The third-order valence-electron chi connectivity index (χ3n) is 3.40. The maximum absolute atomic E-state index is 10.5. The van der Waals surface area contributed by atoms with Crippen LogP contribution in [-0.4, -0.2) is 11.5 Å². The molecule has 1 aliphatic rings. The van der Waals surface area contributed by atoms with Crippen molar-refractivity contribution < 1.29 is 4.92 Å². The fourth-order valence-corrected chi connectivity index (χ4v) is 2.35. The predicted molar refractivity (Wildman–Crippen MR) is 68.2 cm³/mol. The molecule has 0 saturated heterocycles. The van der Waals surface area contributed by atoms with Crippen molar-refractivity contribution in [1.29, 1.82) is 0 Å². The van der Waals surface area contributed by atoms with E-state index in [2.05, 4.69) is 5.32 Å². The molecule has 92 valence electrons. The normalized spacial score (nSPS) is 16.7. The number of rotatable bonds is 4. The predicted octanol–water partition coefficient (Wildman–Crippen LogP) is 3.59. The van der Waals surface area contributed by atoms with Gasteiger partial charge >= 0.3 is 0 Å². The average Bonchev–Trinajstić information content (AvgIpc) is 2.38. The first kappa shape index (κ1) is 11.9. The standard InChI is InChI=1S/C13H18N2O2/c16-15(17)13-8-6-12(7-9-13)14-10-11-4-2-1-3-5-11/h6-9,11,14H,1-5,10H2.